The zero-order valence-corrected chi connectivity index (χ0v) is 11.6. The van der Waals surface area contributed by atoms with Crippen LogP contribution < -0.4 is 5.73 Å². The summed E-state index contributed by atoms with van der Waals surface area (Å²) in [5.41, 5.74) is 4.64. The molecule has 0 fully saturated rings. The minimum atomic E-state index is -0.892. The van der Waals surface area contributed by atoms with Gasteiger partial charge < -0.3 is 5.73 Å². The molecule has 7 heteroatoms. The van der Waals surface area contributed by atoms with Gasteiger partial charge in [-0.25, -0.2) is 13.2 Å². The van der Waals surface area contributed by atoms with E-state index in [1.165, 1.54) is 24.3 Å². The van der Waals surface area contributed by atoms with Crippen molar-refractivity contribution in [3.8, 4) is 22.5 Å². The van der Waals surface area contributed by atoms with E-state index in [2.05, 4.69) is 10.2 Å². The molecule has 0 radical (unpaired) electrons. The first-order valence-corrected chi connectivity index (χ1v) is 6.57. The second-order valence-corrected chi connectivity index (χ2v) is 4.79. The Kier molecular flexibility index (Phi) is 3.61. The summed E-state index contributed by atoms with van der Waals surface area (Å²) < 4.78 is 41.6. The molecule has 0 spiro atoms. The van der Waals surface area contributed by atoms with E-state index in [0.29, 0.717) is 5.56 Å². The number of nitrogens with zero attached hydrogens (tertiary/aromatic N) is 1. The number of hydrogen-bond donors (Lipinski definition) is 2. The fourth-order valence-corrected chi connectivity index (χ4v) is 2.28. The number of H-pyrrole nitrogens is 1. The highest BCUT2D eigenvalue weighted by Crippen LogP contribution is 2.32. The number of aromatic nitrogens is 2. The Balaban J connectivity index is 2.17. The lowest BCUT2D eigenvalue weighted by Crippen LogP contribution is -2.13. The molecule has 1 aromatic heterocycles. The number of benzene rings is 2. The van der Waals surface area contributed by atoms with Crippen LogP contribution in [0.15, 0.2) is 42.5 Å². The third-order valence-corrected chi connectivity index (χ3v) is 3.35. The first-order chi connectivity index (χ1) is 11.0. The van der Waals surface area contributed by atoms with Crippen LogP contribution >= 0.6 is 0 Å². The second-order valence-electron chi connectivity index (χ2n) is 4.79. The van der Waals surface area contributed by atoms with E-state index in [9.17, 15) is 18.0 Å². The monoisotopic (exact) mass is 317 g/mol. The van der Waals surface area contributed by atoms with Gasteiger partial charge in [0, 0.05) is 5.56 Å². The fraction of sp³-hybridized carbons (Fsp3) is 0. The number of halogens is 3. The molecular weight excluding hydrogens is 307 g/mol. The first kappa shape index (κ1) is 14.8. The minimum Gasteiger partial charge on any atom is -0.366 e. The van der Waals surface area contributed by atoms with Crippen LogP contribution in [0.1, 0.15) is 10.4 Å². The summed E-state index contributed by atoms with van der Waals surface area (Å²) in [6, 6.07) is 8.66. The number of primary amides is 1. The van der Waals surface area contributed by atoms with Crippen molar-refractivity contribution in [3.63, 3.8) is 0 Å². The zero-order chi connectivity index (χ0) is 16.6. The van der Waals surface area contributed by atoms with Crippen LogP contribution in [0.4, 0.5) is 13.2 Å². The Morgan fingerprint density at radius 3 is 2.39 bits per heavy atom. The lowest BCUT2D eigenvalue weighted by molar-refractivity contribution is 0.100. The first-order valence-electron chi connectivity index (χ1n) is 6.57. The molecule has 3 rings (SSSR count). The van der Waals surface area contributed by atoms with Crippen LogP contribution in [0.25, 0.3) is 22.5 Å². The predicted molar refractivity (Wildman–Crippen MR) is 77.9 cm³/mol. The van der Waals surface area contributed by atoms with Crippen LogP contribution in [-0.2, 0) is 0 Å². The van der Waals surface area contributed by atoms with E-state index in [0.717, 1.165) is 18.2 Å². The molecule has 4 nitrogen and oxygen atoms in total. The summed E-state index contributed by atoms with van der Waals surface area (Å²) in [7, 11) is 0. The fourth-order valence-electron chi connectivity index (χ4n) is 2.28. The Labute approximate surface area is 128 Å². The molecule has 1 amide bonds. The smallest absolute Gasteiger partial charge is 0.249 e. The van der Waals surface area contributed by atoms with Gasteiger partial charge in [0.1, 0.15) is 23.0 Å². The number of rotatable bonds is 3. The van der Waals surface area contributed by atoms with Crippen LogP contribution in [0.5, 0.6) is 0 Å². The van der Waals surface area contributed by atoms with Gasteiger partial charge in [-0.2, -0.15) is 5.10 Å². The van der Waals surface area contributed by atoms with E-state index in [4.69, 9.17) is 5.73 Å². The summed E-state index contributed by atoms with van der Waals surface area (Å²) in [5.74, 6) is -3.04. The lowest BCUT2D eigenvalue weighted by atomic mass is 10.0. The molecular formula is C16H10F3N3O. The lowest BCUT2D eigenvalue weighted by Gasteiger charge is -2.06. The van der Waals surface area contributed by atoms with Gasteiger partial charge in [0.25, 0.3) is 0 Å². The van der Waals surface area contributed by atoms with E-state index < -0.39 is 23.4 Å². The van der Waals surface area contributed by atoms with Gasteiger partial charge in [0.2, 0.25) is 5.91 Å². The van der Waals surface area contributed by atoms with Crippen LogP contribution in [0.3, 0.4) is 0 Å². The number of carbonyl (C=O) groups excluding carboxylic acids is 1. The molecule has 0 aliphatic rings. The molecule has 0 unspecified atom stereocenters. The van der Waals surface area contributed by atoms with E-state index in [1.807, 2.05) is 0 Å². The highest BCUT2D eigenvalue weighted by Gasteiger charge is 2.23. The van der Waals surface area contributed by atoms with Crippen molar-refractivity contribution in [2.45, 2.75) is 0 Å². The zero-order valence-electron chi connectivity index (χ0n) is 11.6. The molecule has 0 saturated heterocycles. The summed E-state index contributed by atoms with van der Waals surface area (Å²) in [4.78, 5) is 11.4. The molecule has 0 bridgehead atoms. The van der Waals surface area contributed by atoms with Crippen LogP contribution in [-0.4, -0.2) is 16.1 Å². The number of nitrogens with one attached hydrogen (secondary N) is 1. The number of carbonyl (C=O) groups is 1. The van der Waals surface area contributed by atoms with Crippen molar-refractivity contribution >= 4 is 5.91 Å². The normalized spacial score (nSPS) is 10.7. The third kappa shape index (κ3) is 2.57. The van der Waals surface area contributed by atoms with Gasteiger partial charge in [-0.05, 0) is 36.4 Å². The van der Waals surface area contributed by atoms with Gasteiger partial charge in [0.15, 0.2) is 5.82 Å². The van der Waals surface area contributed by atoms with Crippen molar-refractivity contribution < 1.29 is 18.0 Å². The molecule has 116 valence electrons. The van der Waals surface area contributed by atoms with E-state index in [1.54, 1.807) is 0 Å². The van der Waals surface area contributed by atoms with Crippen LogP contribution in [0.2, 0.25) is 0 Å². The summed E-state index contributed by atoms with van der Waals surface area (Å²) in [6.45, 7) is 0. The maximum absolute atomic E-state index is 14.6. The van der Waals surface area contributed by atoms with Crippen LogP contribution in [0, 0.1) is 17.5 Å². The molecule has 3 N–H and O–H groups in total. The van der Waals surface area contributed by atoms with Gasteiger partial charge in [-0.15, -0.1) is 0 Å². The minimum absolute atomic E-state index is 0.112. The van der Waals surface area contributed by atoms with E-state index in [-0.39, 0.29) is 22.5 Å². The summed E-state index contributed by atoms with van der Waals surface area (Å²) in [6.07, 6.45) is 0. The standard InChI is InChI=1S/C16H10F3N3O/c17-9-6-4-8(5-7-9)14-13(19)15(22-21-14)12-10(16(20)23)2-1-3-11(12)18/h1-7H,(H2,20,23)(H,21,22). The van der Waals surface area contributed by atoms with Crippen molar-refractivity contribution in [1.29, 1.82) is 0 Å². The number of nitrogens with two attached hydrogens (primary N) is 1. The Hall–Kier alpha value is -3.09. The average molecular weight is 317 g/mol. The average Bonchev–Trinajstić information content (AvgIpc) is 2.89. The van der Waals surface area contributed by atoms with Crippen molar-refractivity contribution in [2.24, 2.45) is 5.73 Å². The topological polar surface area (TPSA) is 71.8 Å². The molecule has 2 aromatic carbocycles. The van der Waals surface area contributed by atoms with Crippen molar-refractivity contribution in [2.75, 3.05) is 0 Å². The molecule has 0 aliphatic carbocycles. The van der Waals surface area contributed by atoms with Gasteiger partial charge >= 0.3 is 0 Å². The number of amides is 1. The van der Waals surface area contributed by atoms with Gasteiger partial charge in [-0.3, -0.25) is 9.89 Å². The van der Waals surface area contributed by atoms with Gasteiger partial charge in [0.05, 0.1) is 11.1 Å². The largest absolute Gasteiger partial charge is 0.366 e. The molecule has 0 atom stereocenters. The highest BCUT2D eigenvalue weighted by atomic mass is 19.1. The molecule has 0 saturated carbocycles. The highest BCUT2D eigenvalue weighted by molar-refractivity contribution is 5.99. The molecule has 0 aliphatic heterocycles. The third-order valence-electron chi connectivity index (χ3n) is 3.35. The maximum Gasteiger partial charge on any atom is 0.249 e. The van der Waals surface area contributed by atoms with Crippen molar-refractivity contribution in [1.82, 2.24) is 10.2 Å². The Morgan fingerprint density at radius 2 is 1.74 bits per heavy atom. The van der Waals surface area contributed by atoms with Gasteiger partial charge in [-0.1, -0.05) is 6.07 Å². The summed E-state index contributed by atoms with van der Waals surface area (Å²) >= 11 is 0. The SMILES string of the molecule is NC(=O)c1cccc(F)c1-c1[nH]nc(-c2ccc(F)cc2)c1F. The molecule has 23 heavy (non-hydrogen) atoms. The quantitative estimate of drug-likeness (QED) is 0.778. The number of hydrogen-bond acceptors (Lipinski definition) is 2. The Morgan fingerprint density at radius 1 is 1.04 bits per heavy atom. The number of aromatic amines is 1. The maximum atomic E-state index is 14.6. The van der Waals surface area contributed by atoms with E-state index >= 15 is 0 Å². The predicted octanol–water partition coefficient (Wildman–Crippen LogP) is 3.26. The molecule has 3 aromatic rings. The Bertz CT molecular complexity index is 888. The second kappa shape index (κ2) is 5.60. The molecule has 1 heterocycles. The van der Waals surface area contributed by atoms with Crippen molar-refractivity contribution in [3.05, 3.63) is 65.5 Å². The summed E-state index contributed by atoms with van der Waals surface area (Å²) in [5, 5.41) is 6.17.